The second-order valence-corrected chi connectivity index (χ2v) is 4.12. The van der Waals surface area contributed by atoms with Crippen molar-refractivity contribution < 1.29 is 19.1 Å². The van der Waals surface area contributed by atoms with Crippen LogP contribution in [0.1, 0.15) is 13.3 Å². The van der Waals surface area contributed by atoms with Crippen molar-refractivity contribution in [3.05, 3.63) is 24.3 Å². The maximum absolute atomic E-state index is 11.5. The van der Waals surface area contributed by atoms with Gasteiger partial charge in [0, 0.05) is 24.2 Å². The third-order valence-corrected chi connectivity index (χ3v) is 2.21. The first-order valence-corrected chi connectivity index (χ1v) is 5.86. The van der Waals surface area contributed by atoms with Crippen LogP contribution < -0.4 is 15.8 Å². The predicted octanol–water partition coefficient (Wildman–Crippen LogP) is 0.914. The molecule has 6 nitrogen and oxygen atoms in total. The SMILES string of the molecule is COC(=O)COc1cccc(NC(=O)CC(C)N)c1. The monoisotopic (exact) mass is 266 g/mol. The summed E-state index contributed by atoms with van der Waals surface area (Å²) in [5.74, 6) is -0.157. The fourth-order valence-corrected chi connectivity index (χ4v) is 1.37. The number of methoxy groups -OCH3 is 1. The third kappa shape index (κ3) is 5.87. The molecule has 0 aliphatic carbocycles. The van der Waals surface area contributed by atoms with Gasteiger partial charge >= 0.3 is 5.97 Å². The largest absolute Gasteiger partial charge is 0.482 e. The fourth-order valence-electron chi connectivity index (χ4n) is 1.37. The predicted molar refractivity (Wildman–Crippen MR) is 70.8 cm³/mol. The van der Waals surface area contributed by atoms with Gasteiger partial charge < -0.3 is 20.5 Å². The van der Waals surface area contributed by atoms with E-state index in [2.05, 4.69) is 10.1 Å². The summed E-state index contributed by atoms with van der Waals surface area (Å²) >= 11 is 0. The maximum Gasteiger partial charge on any atom is 0.343 e. The lowest BCUT2D eigenvalue weighted by Gasteiger charge is -2.09. The Morgan fingerprint density at radius 1 is 1.42 bits per heavy atom. The van der Waals surface area contributed by atoms with E-state index in [1.54, 1.807) is 31.2 Å². The lowest BCUT2D eigenvalue weighted by atomic mass is 10.2. The average Bonchev–Trinajstić information content (AvgIpc) is 2.35. The number of amides is 1. The Balaban J connectivity index is 2.56. The Kier molecular flexibility index (Phi) is 5.81. The third-order valence-electron chi connectivity index (χ3n) is 2.21. The van der Waals surface area contributed by atoms with E-state index in [0.717, 1.165) is 0 Å². The van der Waals surface area contributed by atoms with E-state index >= 15 is 0 Å². The van der Waals surface area contributed by atoms with Gasteiger partial charge in [-0.3, -0.25) is 4.79 Å². The molecule has 3 N–H and O–H groups in total. The molecule has 0 saturated carbocycles. The van der Waals surface area contributed by atoms with Crippen molar-refractivity contribution >= 4 is 17.6 Å². The van der Waals surface area contributed by atoms with Crippen LogP contribution in [0.5, 0.6) is 5.75 Å². The molecule has 0 aromatic heterocycles. The number of nitrogens with two attached hydrogens (primary N) is 1. The normalized spacial score (nSPS) is 11.5. The molecule has 0 aliphatic heterocycles. The standard InChI is InChI=1S/C13H18N2O4/c1-9(14)6-12(16)15-10-4-3-5-11(7-10)19-8-13(17)18-2/h3-5,7,9H,6,8,14H2,1-2H3,(H,15,16). The minimum Gasteiger partial charge on any atom is -0.482 e. The Morgan fingerprint density at radius 2 is 2.16 bits per heavy atom. The topological polar surface area (TPSA) is 90.6 Å². The zero-order valence-corrected chi connectivity index (χ0v) is 11.0. The van der Waals surface area contributed by atoms with Gasteiger partial charge in [-0.25, -0.2) is 4.79 Å². The minimum absolute atomic E-state index is 0.167. The van der Waals surface area contributed by atoms with Crippen LogP contribution in [0.4, 0.5) is 5.69 Å². The molecule has 1 unspecified atom stereocenters. The van der Waals surface area contributed by atoms with E-state index in [1.807, 2.05) is 0 Å². The summed E-state index contributed by atoms with van der Waals surface area (Å²) in [5.41, 5.74) is 6.13. The summed E-state index contributed by atoms with van der Waals surface area (Å²) in [6, 6.07) is 6.56. The number of rotatable bonds is 6. The summed E-state index contributed by atoms with van der Waals surface area (Å²) in [5, 5.41) is 2.70. The first-order valence-electron chi connectivity index (χ1n) is 5.86. The lowest BCUT2D eigenvalue weighted by Crippen LogP contribution is -2.24. The fraction of sp³-hybridized carbons (Fsp3) is 0.385. The number of esters is 1. The highest BCUT2D eigenvalue weighted by Gasteiger charge is 2.07. The summed E-state index contributed by atoms with van der Waals surface area (Å²) in [6.07, 6.45) is 0.243. The molecular weight excluding hydrogens is 248 g/mol. The van der Waals surface area contributed by atoms with Crippen molar-refractivity contribution in [3.8, 4) is 5.75 Å². The van der Waals surface area contributed by atoms with Gasteiger partial charge in [-0.05, 0) is 19.1 Å². The number of carbonyl (C=O) groups is 2. The number of hydrogen-bond acceptors (Lipinski definition) is 5. The van der Waals surface area contributed by atoms with Gasteiger partial charge in [0.25, 0.3) is 0 Å². The molecule has 0 heterocycles. The van der Waals surface area contributed by atoms with Crippen molar-refractivity contribution in [2.45, 2.75) is 19.4 Å². The first-order chi connectivity index (χ1) is 9.01. The van der Waals surface area contributed by atoms with Crippen molar-refractivity contribution in [1.29, 1.82) is 0 Å². The van der Waals surface area contributed by atoms with Gasteiger partial charge in [-0.1, -0.05) is 6.07 Å². The zero-order valence-electron chi connectivity index (χ0n) is 11.0. The van der Waals surface area contributed by atoms with Crippen molar-refractivity contribution in [3.63, 3.8) is 0 Å². The highest BCUT2D eigenvalue weighted by molar-refractivity contribution is 5.91. The molecule has 0 saturated heterocycles. The molecule has 1 rings (SSSR count). The molecule has 1 atom stereocenters. The van der Waals surface area contributed by atoms with Crippen molar-refractivity contribution in [2.75, 3.05) is 19.0 Å². The Labute approximate surface area is 111 Å². The van der Waals surface area contributed by atoms with Crippen LogP contribution in [0.3, 0.4) is 0 Å². The summed E-state index contributed by atoms with van der Waals surface area (Å²) in [6.45, 7) is 1.59. The van der Waals surface area contributed by atoms with Crippen LogP contribution in [0.25, 0.3) is 0 Å². The Bertz CT molecular complexity index is 446. The van der Waals surface area contributed by atoms with Crippen LogP contribution in [0.15, 0.2) is 24.3 Å². The van der Waals surface area contributed by atoms with Gasteiger partial charge in [0.15, 0.2) is 6.61 Å². The average molecular weight is 266 g/mol. The summed E-state index contributed by atoms with van der Waals surface area (Å²) < 4.78 is 9.67. The molecule has 1 aromatic rings. The molecule has 1 amide bonds. The number of carbonyl (C=O) groups excluding carboxylic acids is 2. The molecule has 19 heavy (non-hydrogen) atoms. The second-order valence-electron chi connectivity index (χ2n) is 4.12. The van der Waals surface area contributed by atoms with Crippen LogP contribution in [-0.2, 0) is 14.3 Å². The molecule has 0 aliphatic rings. The molecule has 0 bridgehead atoms. The van der Waals surface area contributed by atoms with Crippen LogP contribution in [-0.4, -0.2) is 31.6 Å². The van der Waals surface area contributed by atoms with Gasteiger partial charge in [0.2, 0.25) is 5.91 Å². The second kappa shape index (κ2) is 7.38. The zero-order chi connectivity index (χ0) is 14.3. The Hall–Kier alpha value is -2.08. The van der Waals surface area contributed by atoms with Crippen molar-refractivity contribution in [1.82, 2.24) is 0 Å². The van der Waals surface area contributed by atoms with Crippen LogP contribution >= 0.6 is 0 Å². The smallest absolute Gasteiger partial charge is 0.343 e. The number of benzene rings is 1. The van der Waals surface area contributed by atoms with Gasteiger partial charge in [-0.15, -0.1) is 0 Å². The van der Waals surface area contributed by atoms with Crippen LogP contribution in [0.2, 0.25) is 0 Å². The van der Waals surface area contributed by atoms with E-state index in [4.69, 9.17) is 10.5 Å². The van der Waals surface area contributed by atoms with E-state index in [9.17, 15) is 9.59 Å². The molecule has 6 heteroatoms. The van der Waals surface area contributed by atoms with Gasteiger partial charge in [-0.2, -0.15) is 0 Å². The quantitative estimate of drug-likeness (QED) is 0.747. The Morgan fingerprint density at radius 3 is 2.79 bits per heavy atom. The lowest BCUT2D eigenvalue weighted by molar-refractivity contribution is -0.142. The van der Waals surface area contributed by atoms with E-state index in [-0.39, 0.29) is 25.0 Å². The van der Waals surface area contributed by atoms with Crippen molar-refractivity contribution in [2.24, 2.45) is 5.73 Å². The molecular formula is C13H18N2O4. The molecule has 104 valence electrons. The van der Waals surface area contributed by atoms with Crippen LogP contribution in [0, 0.1) is 0 Å². The number of ether oxygens (including phenoxy) is 2. The summed E-state index contributed by atoms with van der Waals surface area (Å²) in [7, 11) is 1.29. The van der Waals surface area contributed by atoms with Gasteiger partial charge in [0.1, 0.15) is 5.75 Å². The number of hydrogen-bond donors (Lipinski definition) is 2. The van der Waals surface area contributed by atoms with E-state index in [0.29, 0.717) is 11.4 Å². The minimum atomic E-state index is -0.466. The molecule has 0 radical (unpaired) electrons. The highest BCUT2D eigenvalue weighted by atomic mass is 16.6. The summed E-state index contributed by atoms with van der Waals surface area (Å²) in [4.78, 5) is 22.5. The molecule has 1 aromatic carbocycles. The number of nitrogens with one attached hydrogen (secondary N) is 1. The number of anilines is 1. The van der Waals surface area contributed by atoms with Gasteiger partial charge in [0.05, 0.1) is 7.11 Å². The molecule has 0 spiro atoms. The van der Waals surface area contributed by atoms with E-state index in [1.165, 1.54) is 7.11 Å². The molecule has 0 fully saturated rings. The maximum atomic E-state index is 11.5. The first kappa shape index (κ1) is 15.0. The van der Waals surface area contributed by atoms with E-state index < -0.39 is 5.97 Å². The highest BCUT2D eigenvalue weighted by Crippen LogP contribution is 2.17.